The lowest BCUT2D eigenvalue weighted by Gasteiger charge is -2.30. The number of amides is 1. The molecule has 1 aromatic rings. The Labute approximate surface area is 177 Å². The third-order valence-electron chi connectivity index (χ3n) is 4.29. The lowest BCUT2D eigenvalue weighted by molar-refractivity contribution is -0.134. The monoisotopic (exact) mass is 425 g/mol. The van der Waals surface area contributed by atoms with Crippen molar-refractivity contribution in [3.8, 4) is 0 Å². The van der Waals surface area contributed by atoms with Crippen LogP contribution in [-0.2, 0) is 21.4 Å². The number of hydrogen-bond donors (Lipinski definition) is 1. The van der Waals surface area contributed by atoms with Crippen molar-refractivity contribution >= 4 is 27.3 Å². The van der Waals surface area contributed by atoms with Gasteiger partial charge in [-0.2, -0.15) is 0 Å². The van der Waals surface area contributed by atoms with E-state index in [9.17, 15) is 13.2 Å². The van der Waals surface area contributed by atoms with E-state index in [1.54, 1.807) is 6.07 Å². The van der Waals surface area contributed by atoms with Crippen molar-refractivity contribution in [2.75, 3.05) is 36.0 Å². The molecule has 0 aromatic heterocycles. The smallest absolute Gasteiger partial charge is 0.232 e. The first kappa shape index (κ1) is 25.3. The third-order valence-corrected chi connectivity index (χ3v) is 5.78. The van der Waals surface area contributed by atoms with Crippen molar-refractivity contribution < 1.29 is 13.2 Å². The molecule has 0 radical (unpaired) electrons. The lowest BCUT2D eigenvalue weighted by Crippen LogP contribution is -2.36. The van der Waals surface area contributed by atoms with Crippen LogP contribution >= 0.6 is 0 Å². The number of carbonyl (C=O) groups is 1. The van der Waals surface area contributed by atoms with Gasteiger partial charge in [-0.1, -0.05) is 41.5 Å². The molecule has 166 valence electrons. The summed E-state index contributed by atoms with van der Waals surface area (Å²) in [6.07, 6.45) is 1.03. The van der Waals surface area contributed by atoms with Crippen LogP contribution in [0.2, 0.25) is 0 Å². The molecule has 1 aromatic carbocycles. The van der Waals surface area contributed by atoms with Gasteiger partial charge in [0.2, 0.25) is 15.9 Å². The summed E-state index contributed by atoms with van der Waals surface area (Å²) in [6.45, 7) is 13.3. The number of hydrogen-bond acceptors (Lipinski definition) is 4. The maximum absolute atomic E-state index is 13.0. The Balaban J connectivity index is 3.24. The van der Waals surface area contributed by atoms with Crippen molar-refractivity contribution in [3.05, 3.63) is 23.8 Å². The second-order valence-corrected chi connectivity index (χ2v) is 11.4. The van der Waals surface area contributed by atoms with Gasteiger partial charge in [-0.05, 0) is 41.5 Å². The van der Waals surface area contributed by atoms with E-state index in [0.717, 1.165) is 11.3 Å². The van der Waals surface area contributed by atoms with Crippen LogP contribution in [0.5, 0.6) is 0 Å². The van der Waals surface area contributed by atoms with E-state index < -0.39 is 10.0 Å². The molecule has 0 aliphatic carbocycles. The second kappa shape index (κ2) is 10.3. The molecule has 0 saturated heterocycles. The van der Waals surface area contributed by atoms with Crippen LogP contribution < -0.4 is 9.62 Å². The minimum Gasteiger partial charge on any atom is -0.377 e. The molecule has 0 unspecified atom stereocenters. The van der Waals surface area contributed by atoms with Crippen LogP contribution in [0.15, 0.2) is 18.2 Å². The molecular weight excluding hydrogens is 386 g/mol. The molecule has 0 spiro atoms. The maximum Gasteiger partial charge on any atom is 0.232 e. The van der Waals surface area contributed by atoms with Crippen LogP contribution in [0.3, 0.4) is 0 Å². The summed E-state index contributed by atoms with van der Waals surface area (Å²) in [5.74, 6) is 0.544. The number of benzene rings is 1. The van der Waals surface area contributed by atoms with Crippen LogP contribution in [-0.4, -0.2) is 45.6 Å². The molecule has 1 amide bonds. The Kier molecular flexibility index (Phi) is 9.00. The summed E-state index contributed by atoms with van der Waals surface area (Å²) in [4.78, 5) is 16.9. The molecule has 0 heterocycles. The van der Waals surface area contributed by atoms with Gasteiger partial charge < -0.3 is 9.80 Å². The van der Waals surface area contributed by atoms with Gasteiger partial charge in [0.15, 0.2) is 0 Å². The zero-order valence-corrected chi connectivity index (χ0v) is 20.2. The SMILES string of the molecule is CCCS(=O)(=O)Nc1ccc(N(C)C)c(CN(CC(C)C)C(=O)CC(C)(C)C)c1. The summed E-state index contributed by atoms with van der Waals surface area (Å²) >= 11 is 0. The van der Waals surface area contributed by atoms with Gasteiger partial charge in [-0.3, -0.25) is 9.52 Å². The molecule has 1 rings (SSSR count). The average molecular weight is 426 g/mol. The first-order valence-electron chi connectivity index (χ1n) is 10.3. The fraction of sp³-hybridized carbons (Fsp3) is 0.682. The highest BCUT2D eigenvalue weighted by Gasteiger charge is 2.23. The van der Waals surface area contributed by atoms with Gasteiger partial charge >= 0.3 is 0 Å². The zero-order chi connectivity index (χ0) is 22.4. The van der Waals surface area contributed by atoms with Crippen molar-refractivity contribution in [3.63, 3.8) is 0 Å². The van der Waals surface area contributed by atoms with E-state index in [-0.39, 0.29) is 17.1 Å². The Morgan fingerprint density at radius 1 is 1.17 bits per heavy atom. The Morgan fingerprint density at radius 2 is 1.79 bits per heavy atom. The minimum atomic E-state index is -3.37. The highest BCUT2D eigenvalue weighted by atomic mass is 32.2. The van der Waals surface area contributed by atoms with Gasteiger partial charge in [-0.15, -0.1) is 0 Å². The molecule has 7 heteroatoms. The van der Waals surface area contributed by atoms with E-state index in [2.05, 4.69) is 39.3 Å². The highest BCUT2D eigenvalue weighted by Crippen LogP contribution is 2.27. The van der Waals surface area contributed by atoms with Gasteiger partial charge in [0.1, 0.15) is 0 Å². The molecule has 0 atom stereocenters. The summed E-state index contributed by atoms with van der Waals surface area (Å²) in [5, 5.41) is 0. The largest absolute Gasteiger partial charge is 0.377 e. The summed E-state index contributed by atoms with van der Waals surface area (Å²) < 4.78 is 27.0. The lowest BCUT2D eigenvalue weighted by atomic mass is 9.91. The van der Waals surface area contributed by atoms with Crippen LogP contribution in [0.1, 0.15) is 59.9 Å². The molecule has 1 N–H and O–H groups in total. The number of rotatable bonds is 10. The van der Waals surface area contributed by atoms with Gasteiger partial charge in [0.25, 0.3) is 0 Å². The summed E-state index contributed by atoms with van der Waals surface area (Å²) in [5.41, 5.74) is 2.34. The van der Waals surface area contributed by atoms with E-state index in [1.807, 2.05) is 43.0 Å². The number of carbonyl (C=O) groups excluding carboxylic acids is 1. The van der Waals surface area contributed by atoms with Crippen molar-refractivity contribution in [1.82, 2.24) is 4.90 Å². The summed E-state index contributed by atoms with van der Waals surface area (Å²) in [6, 6.07) is 5.52. The number of nitrogens with zero attached hydrogens (tertiary/aromatic N) is 2. The molecule has 0 aliphatic rings. The maximum atomic E-state index is 13.0. The molecule has 6 nitrogen and oxygen atoms in total. The molecule has 0 aliphatic heterocycles. The number of anilines is 2. The first-order valence-corrected chi connectivity index (χ1v) is 12.0. The molecule has 0 fully saturated rings. The predicted octanol–water partition coefficient (Wildman–Crippen LogP) is 4.33. The number of nitrogens with one attached hydrogen (secondary N) is 1. The molecule has 0 saturated carbocycles. The van der Waals surface area contributed by atoms with Gasteiger partial charge in [-0.25, -0.2) is 8.42 Å². The topological polar surface area (TPSA) is 69.7 Å². The zero-order valence-electron chi connectivity index (χ0n) is 19.4. The molecular formula is C22H39N3O3S. The fourth-order valence-electron chi connectivity index (χ4n) is 3.18. The van der Waals surface area contributed by atoms with E-state index in [1.165, 1.54) is 0 Å². The Morgan fingerprint density at radius 3 is 2.28 bits per heavy atom. The number of sulfonamides is 1. The molecule has 0 bridgehead atoms. The van der Waals surface area contributed by atoms with Crippen molar-refractivity contribution in [1.29, 1.82) is 0 Å². The Hall–Kier alpha value is -1.76. The first-order chi connectivity index (χ1) is 13.2. The fourth-order valence-corrected chi connectivity index (χ4v) is 4.30. The van der Waals surface area contributed by atoms with Crippen molar-refractivity contribution in [2.24, 2.45) is 11.3 Å². The molecule has 29 heavy (non-hydrogen) atoms. The predicted molar refractivity (Wildman–Crippen MR) is 123 cm³/mol. The van der Waals surface area contributed by atoms with E-state index >= 15 is 0 Å². The van der Waals surface area contributed by atoms with E-state index in [0.29, 0.717) is 37.5 Å². The van der Waals surface area contributed by atoms with Gasteiger partial charge in [0, 0.05) is 45.0 Å². The van der Waals surface area contributed by atoms with Crippen LogP contribution in [0.25, 0.3) is 0 Å². The average Bonchev–Trinajstić information content (AvgIpc) is 2.51. The van der Waals surface area contributed by atoms with Crippen molar-refractivity contribution in [2.45, 2.75) is 60.9 Å². The third kappa shape index (κ3) is 9.07. The Bertz CT molecular complexity index is 781. The second-order valence-electron chi connectivity index (χ2n) is 9.56. The normalized spacial score (nSPS) is 12.2. The van der Waals surface area contributed by atoms with Crippen LogP contribution in [0, 0.1) is 11.3 Å². The quantitative estimate of drug-likeness (QED) is 0.606. The van der Waals surface area contributed by atoms with E-state index in [4.69, 9.17) is 0 Å². The van der Waals surface area contributed by atoms with Gasteiger partial charge in [0.05, 0.1) is 5.75 Å². The van der Waals surface area contributed by atoms with Crippen LogP contribution in [0.4, 0.5) is 11.4 Å². The minimum absolute atomic E-state index is 0.0846. The summed E-state index contributed by atoms with van der Waals surface area (Å²) in [7, 11) is 0.529. The standard InChI is InChI=1S/C22H39N3O3S/c1-9-12-29(27,28)23-19-10-11-20(24(7)8)18(13-19)16-25(15-17(2)3)21(26)14-22(4,5)6/h10-11,13,17,23H,9,12,14-16H2,1-8H3. The highest BCUT2D eigenvalue weighted by molar-refractivity contribution is 7.92.